The predicted molar refractivity (Wildman–Crippen MR) is 96.0 cm³/mol. The van der Waals surface area contributed by atoms with Gasteiger partial charge in [-0.15, -0.1) is 11.3 Å². The third kappa shape index (κ3) is 2.82. The Morgan fingerprint density at radius 3 is 2.96 bits per heavy atom. The molecule has 6 heteroatoms. The summed E-state index contributed by atoms with van der Waals surface area (Å²) in [5, 5.41) is 10.8. The van der Waals surface area contributed by atoms with Gasteiger partial charge in [0.05, 0.1) is 11.1 Å². The molecule has 0 saturated heterocycles. The lowest BCUT2D eigenvalue weighted by Crippen LogP contribution is -2.35. The Balaban J connectivity index is 1.64. The first-order valence-electron chi connectivity index (χ1n) is 8.38. The van der Waals surface area contributed by atoms with Crippen molar-refractivity contribution in [3.63, 3.8) is 0 Å². The summed E-state index contributed by atoms with van der Waals surface area (Å²) in [6.07, 6.45) is 6.39. The van der Waals surface area contributed by atoms with Gasteiger partial charge in [-0.2, -0.15) is 5.10 Å². The highest BCUT2D eigenvalue weighted by Gasteiger charge is 2.19. The summed E-state index contributed by atoms with van der Waals surface area (Å²) in [5.41, 5.74) is 2.82. The zero-order chi connectivity index (χ0) is 16.5. The summed E-state index contributed by atoms with van der Waals surface area (Å²) >= 11 is 1.70. The lowest BCUT2D eigenvalue weighted by Gasteiger charge is -2.12. The van der Waals surface area contributed by atoms with Gasteiger partial charge in [0.2, 0.25) is 5.91 Å². The van der Waals surface area contributed by atoms with Crippen LogP contribution in [0.5, 0.6) is 0 Å². The average molecular weight is 340 g/mol. The predicted octanol–water partition coefficient (Wildman–Crippen LogP) is 3.53. The molecular weight excluding hydrogens is 320 g/mol. The maximum absolute atomic E-state index is 12.3. The van der Waals surface area contributed by atoms with Crippen LogP contribution in [0, 0.1) is 6.92 Å². The monoisotopic (exact) mass is 340 g/mol. The number of nitrogens with zero attached hydrogens (tertiary/aromatic N) is 3. The second-order valence-electron chi connectivity index (χ2n) is 6.33. The lowest BCUT2D eigenvalue weighted by atomic mass is 10.1. The molecule has 3 aromatic rings. The van der Waals surface area contributed by atoms with Gasteiger partial charge in [-0.1, -0.05) is 18.9 Å². The summed E-state index contributed by atoms with van der Waals surface area (Å²) < 4.78 is 1.73. The minimum Gasteiger partial charge on any atom is -0.352 e. The maximum Gasteiger partial charge on any atom is 0.242 e. The van der Waals surface area contributed by atoms with E-state index in [-0.39, 0.29) is 12.5 Å². The summed E-state index contributed by atoms with van der Waals surface area (Å²) in [6.45, 7) is 2.20. The molecule has 1 aliphatic carbocycles. The highest BCUT2D eigenvalue weighted by molar-refractivity contribution is 7.13. The topological polar surface area (TPSA) is 59.8 Å². The Morgan fingerprint density at radius 2 is 2.21 bits per heavy atom. The van der Waals surface area contributed by atoms with E-state index in [1.54, 1.807) is 22.2 Å². The molecule has 0 aromatic carbocycles. The van der Waals surface area contributed by atoms with Crippen LogP contribution < -0.4 is 5.32 Å². The van der Waals surface area contributed by atoms with E-state index in [1.807, 2.05) is 19.1 Å². The molecule has 1 aliphatic rings. The Labute approximate surface area is 144 Å². The number of hydrogen-bond donors (Lipinski definition) is 1. The van der Waals surface area contributed by atoms with Gasteiger partial charge in [0.25, 0.3) is 0 Å². The SMILES string of the molecule is Cc1nn(CC(=O)NC2CCCC2)c2nccc(-c3cccs3)c12. The Morgan fingerprint density at radius 1 is 1.38 bits per heavy atom. The minimum atomic E-state index is 0.0228. The van der Waals surface area contributed by atoms with Gasteiger partial charge in [0.15, 0.2) is 5.65 Å². The number of aromatic nitrogens is 3. The number of nitrogens with one attached hydrogen (secondary N) is 1. The van der Waals surface area contributed by atoms with Crippen LogP contribution >= 0.6 is 11.3 Å². The fraction of sp³-hybridized carbons (Fsp3) is 0.389. The van der Waals surface area contributed by atoms with Crippen LogP contribution in [-0.2, 0) is 11.3 Å². The van der Waals surface area contributed by atoms with Crippen LogP contribution in [0.2, 0.25) is 0 Å². The number of fused-ring (bicyclic) bond motifs is 1. The quantitative estimate of drug-likeness (QED) is 0.790. The molecular formula is C18H20N4OS. The Bertz CT molecular complexity index is 863. The molecule has 24 heavy (non-hydrogen) atoms. The van der Waals surface area contributed by atoms with Gasteiger partial charge >= 0.3 is 0 Å². The fourth-order valence-electron chi connectivity index (χ4n) is 3.51. The first-order valence-corrected chi connectivity index (χ1v) is 9.25. The normalized spacial score (nSPS) is 15.2. The van der Waals surface area contributed by atoms with Crippen LogP contribution in [-0.4, -0.2) is 26.7 Å². The van der Waals surface area contributed by atoms with Crippen LogP contribution in [0.4, 0.5) is 0 Å². The molecule has 1 amide bonds. The standard InChI is InChI=1S/C18H20N4OS/c1-12-17-14(15-7-4-10-24-15)8-9-19-18(17)22(21-12)11-16(23)20-13-5-2-3-6-13/h4,7-10,13H,2-3,5-6,11H2,1H3,(H,20,23). The van der Waals surface area contributed by atoms with E-state index in [4.69, 9.17) is 0 Å². The van der Waals surface area contributed by atoms with E-state index in [9.17, 15) is 4.79 Å². The van der Waals surface area contributed by atoms with Crippen molar-refractivity contribution in [2.24, 2.45) is 0 Å². The summed E-state index contributed by atoms with van der Waals surface area (Å²) in [6, 6.07) is 6.49. The zero-order valence-electron chi connectivity index (χ0n) is 13.7. The number of thiophene rings is 1. The Hall–Kier alpha value is -2.21. The number of amides is 1. The molecule has 3 aromatic heterocycles. The van der Waals surface area contributed by atoms with Gasteiger partial charge in [0, 0.05) is 22.7 Å². The number of carbonyl (C=O) groups excluding carboxylic acids is 1. The van der Waals surface area contributed by atoms with Crippen molar-refractivity contribution in [2.45, 2.75) is 45.2 Å². The molecule has 0 aliphatic heterocycles. The van der Waals surface area contributed by atoms with Gasteiger partial charge < -0.3 is 5.32 Å². The Kier molecular flexibility index (Phi) is 4.06. The van der Waals surface area contributed by atoms with Crippen LogP contribution in [0.1, 0.15) is 31.4 Å². The smallest absolute Gasteiger partial charge is 0.242 e. The maximum atomic E-state index is 12.3. The molecule has 124 valence electrons. The second kappa shape index (κ2) is 6.36. The van der Waals surface area contributed by atoms with E-state index in [1.165, 1.54) is 17.7 Å². The third-order valence-corrected chi connectivity index (χ3v) is 5.51. The van der Waals surface area contributed by atoms with Crippen molar-refractivity contribution < 1.29 is 4.79 Å². The van der Waals surface area contributed by atoms with Crippen molar-refractivity contribution in [3.05, 3.63) is 35.5 Å². The molecule has 0 spiro atoms. The third-order valence-electron chi connectivity index (χ3n) is 4.61. The van der Waals surface area contributed by atoms with Crippen LogP contribution in [0.25, 0.3) is 21.5 Å². The van der Waals surface area contributed by atoms with E-state index >= 15 is 0 Å². The van der Waals surface area contributed by atoms with Crippen molar-refractivity contribution in [3.8, 4) is 10.4 Å². The molecule has 3 heterocycles. The summed E-state index contributed by atoms with van der Waals surface area (Å²) in [4.78, 5) is 18.0. The molecule has 1 N–H and O–H groups in total. The molecule has 0 atom stereocenters. The fourth-order valence-corrected chi connectivity index (χ4v) is 4.27. The molecule has 1 fully saturated rings. The largest absolute Gasteiger partial charge is 0.352 e. The van der Waals surface area contributed by atoms with Crippen LogP contribution in [0.3, 0.4) is 0 Å². The van der Waals surface area contributed by atoms with Crippen molar-refractivity contribution in [1.82, 2.24) is 20.1 Å². The lowest BCUT2D eigenvalue weighted by molar-refractivity contribution is -0.122. The molecule has 1 saturated carbocycles. The number of pyridine rings is 1. The van der Waals surface area contributed by atoms with E-state index < -0.39 is 0 Å². The molecule has 0 bridgehead atoms. The van der Waals surface area contributed by atoms with Gasteiger partial charge in [-0.25, -0.2) is 9.67 Å². The number of aryl methyl sites for hydroxylation is 1. The highest BCUT2D eigenvalue weighted by Crippen LogP contribution is 2.32. The zero-order valence-corrected chi connectivity index (χ0v) is 14.5. The van der Waals surface area contributed by atoms with Crippen LogP contribution in [0.15, 0.2) is 29.8 Å². The van der Waals surface area contributed by atoms with Gasteiger partial charge in [-0.3, -0.25) is 4.79 Å². The van der Waals surface area contributed by atoms with Crippen molar-refractivity contribution in [1.29, 1.82) is 0 Å². The first-order chi connectivity index (χ1) is 11.7. The van der Waals surface area contributed by atoms with E-state index in [2.05, 4.69) is 26.8 Å². The van der Waals surface area contributed by atoms with Gasteiger partial charge in [-0.05, 0) is 37.3 Å². The minimum absolute atomic E-state index is 0.0228. The second-order valence-corrected chi connectivity index (χ2v) is 7.27. The number of hydrogen-bond acceptors (Lipinski definition) is 4. The first kappa shape index (κ1) is 15.3. The molecule has 0 unspecified atom stereocenters. The van der Waals surface area contributed by atoms with E-state index in [0.717, 1.165) is 35.1 Å². The molecule has 0 radical (unpaired) electrons. The van der Waals surface area contributed by atoms with Crippen molar-refractivity contribution in [2.75, 3.05) is 0 Å². The highest BCUT2D eigenvalue weighted by atomic mass is 32.1. The number of rotatable bonds is 4. The summed E-state index contributed by atoms with van der Waals surface area (Å²) in [7, 11) is 0. The van der Waals surface area contributed by atoms with Gasteiger partial charge in [0.1, 0.15) is 6.54 Å². The number of carbonyl (C=O) groups is 1. The van der Waals surface area contributed by atoms with E-state index in [0.29, 0.717) is 6.04 Å². The summed E-state index contributed by atoms with van der Waals surface area (Å²) in [5.74, 6) is 0.0228. The molecule has 4 rings (SSSR count). The molecule has 5 nitrogen and oxygen atoms in total. The average Bonchev–Trinajstić information content (AvgIpc) is 3.30. The van der Waals surface area contributed by atoms with Crippen molar-refractivity contribution >= 4 is 28.3 Å².